The highest BCUT2D eigenvalue weighted by molar-refractivity contribution is 8.05. The maximum Gasteiger partial charge on any atom is 0.267 e. The molecule has 158 valence electrons. The number of hydrogen-bond acceptors (Lipinski definition) is 7. The zero-order valence-corrected chi connectivity index (χ0v) is 18.1. The molecule has 0 aliphatic carbocycles. The van der Waals surface area contributed by atoms with Gasteiger partial charge in [-0.3, -0.25) is 9.69 Å². The summed E-state index contributed by atoms with van der Waals surface area (Å²) < 4.78 is 10.4. The Kier molecular flexibility index (Phi) is 5.63. The van der Waals surface area contributed by atoms with Gasteiger partial charge in [-0.1, -0.05) is 36.0 Å². The molecule has 1 amide bonds. The zero-order chi connectivity index (χ0) is 22.8. The van der Waals surface area contributed by atoms with Gasteiger partial charge in [0.15, 0.2) is 0 Å². The van der Waals surface area contributed by atoms with E-state index in [2.05, 4.69) is 12.1 Å². The van der Waals surface area contributed by atoms with Crippen LogP contribution in [0.15, 0.2) is 70.4 Å². The summed E-state index contributed by atoms with van der Waals surface area (Å²) in [4.78, 5) is 14.9. The van der Waals surface area contributed by atoms with Crippen molar-refractivity contribution in [3.63, 3.8) is 0 Å². The SMILES string of the molecule is COc1ccc(/C=C2\SC3C(C#N)=C(c4ccc(OC)cc4)C(C#N)=C(N)N3C2=O)cc1. The molecule has 1 saturated heterocycles. The third-order valence-corrected chi connectivity index (χ3v) is 6.43. The van der Waals surface area contributed by atoms with Crippen molar-refractivity contribution in [2.24, 2.45) is 5.73 Å². The van der Waals surface area contributed by atoms with E-state index in [0.29, 0.717) is 33.1 Å². The van der Waals surface area contributed by atoms with Crippen LogP contribution in [-0.4, -0.2) is 30.4 Å². The fourth-order valence-corrected chi connectivity index (χ4v) is 4.86. The maximum absolute atomic E-state index is 13.2. The van der Waals surface area contributed by atoms with Gasteiger partial charge in [0.2, 0.25) is 0 Å². The Morgan fingerprint density at radius 2 is 1.59 bits per heavy atom. The number of carbonyl (C=O) groups excluding carboxylic acids is 1. The van der Waals surface area contributed by atoms with Crippen LogP contribution in [-0.2, 0) is 4.79 Å². The highest BCUT2D eigenvalue weighted by Crippen LogP contribution is 2.48. The molecule has 1 fully saturated rings. The van der Waals surface area contributed by atoms with E-state index in [9.17, 15) is 15.3 Å². The first-order valence-electron chi connectivity index (χ1n) is 9.57. The molecule has 32 heavy (non-hydrogen) atoms. The summed E-state index contributed by atoms with van der Waals surface area (Å²) in [6.45, 7) is 0. The van der Waals surface area contributed by atoms with Crippen molar-refractivity contribution in [2.45, 2.75) is 5.37 Å². The number of nitrogens with two attached hydrogens (primary N) is 1. The van der Waals surface area contributed by atoms with Crippen LogP contribution in [0.3, 0.4) is 0 Å². The van der Waals surface area contributed by atoms with Crippen LogP contribution in [0.1, 0.15) is 11.1 Å². The number of carbonyl (C=O) groups is 1. The lowest BCUT2D eigenvalue weighted by Gasteiger charge is -2.30. The number of hydrogen-bond donors (Lipinski definition) is 1. The van der Waals surface area contributed by atoms with Gasteiger partial charge in [-0.2, -0.15) is 10.5 Å². The molecule has 2 aliphatic rings. The second-order valence-corrected chi connectivity index (χ2v) is 8.05. The quantitative estimate of drug-likeness (QED) is 0.720. The summed E-state index contributed by atoms with van der Waals surface area (Å²) in [5.41, 5.74) is 8.59. The van der Waals surface area contributed by atoms with Crippen molar-refractivity contribution in [2.75, 3.05) is 14.2 Å². The first kappa shape index (κ1) is 21.1. The summed E-state index contributed by atoms with van der Waals surface area (Å²) >= 11 is 1.24. The number of nitriles is 2. The minimum atomic E-state index is -0.647. The van der Waals surface area contributed by atoms with Gasteiger partial charge in [0.05, 0.1) is 30.8 Å². The molecule has 2 aromatic rings. The predicted molar refractivity (Wildman–Crippen MR) is 122 cm³/mol. The van der Waals surface area contributed by atoms with Crippen molar-refractivity contribution in [1.29, 1.82) is 10.5 Å². The predicted octanol–water partition coefficient (Wildman–Crippen LogP) is 3.63. The summed E-state index contributed by atoms with van der Waals surface area (Å²) in [6, 6.07) is 18.6. The smallest absolute Gasteiger partial charge is 0.267 e. The monoisotopic (exact) mass is 442 g/mol. The molecule has 1 atom stereocenters. The van der Waals surface area contributed by atoms with Crippen molar-refractivity contribution in [3.8, 4) is 23.6 Å². The highest BCUT2D eigenvalue weighted by Gasteiger charge is 2.45. The van der Waals surface area contributed by atoms with Gasteiger partial charge in [0.1, 0.15) is 34.3 Å². The number of ether oxygens (including phenoxy) is 2. The molecule has 0 spiro atoms. The van der Waals surface area contributed by atoms with Crippen molar-refractivity contribution < 1.29 is 14.3 Å². The fraction of sp³-hybridized carbons (Fsp3) is 0.125. The lowest BCUT2D eigenvalue weighted by molar-refractivity contribution is -0.124. The van der Waals surface area contributed by atoms with E-state index in [0.717, 1.165) is 5.56 Å². The standard InChI is InChI=1S/C24H18N4O3S/c1-30-16-7-3-14(4-8-16)11-20-23(29)28-22(27)18(12-25)21(19(13-26)24(28)32-20)15-5-9-17(31-2)10-6-15/h3-11,24H,27H2,1-2H3/b20-11-. The number of amides is 1. The topological polar surface area (TPSA) is 112 Å². The molecule has 2 N–H and O–H groups in total. The molecule has 2 heterocycles. The van der Waals surface area contributed by atoms with Crippen LogP contribution in [0.2, 0.25) is 0 Å². The van der Waals surface area contributed by atoms with Crippen LogP contribution in [0.25, 0.3) is 11.6 Å². The van der Waals surface area contributed by atoms with Crippen molar-refractivity contribution in [1.82, 2.24) is 4.90 Å². The van der Waals surface area contributed by atoms with Crippen LogP contribution in [0, 0.1) is 22.7 Å². The van der Waals surface area contributed by atoms with Crippen LogP contribution < -0.4 is 15.2 Å². The molecule has 2 aliphatic heterocycles. The van der Waals surface area contributed by atoms with Gasteiger partial charge in [0.25, 0.3) is 5.91 Å². The first-order chi connectivity index (χ1) is 15.5. The van der Waals surface area contributed by atoms with E-state index in [1.807, 2.05) is 12.1 Å². The lowest BCUT2D eigenvalue weighted by Crippen LogP contribution is -2.40. The number of benzene rings is 2. The number of thioether (sulfide) groups is 1. The Morgan fingerprint density at radius 3 is 2.12 bits per heavy atom. The van der Waals surface area contributed by atoms with Crippen LogP contribution in [0.5, 0.6) is 11.5 Å². The number of rotatable bonds is 4. The van der Waals surface area contributed by atoms with E-state index >= 15 is 0 Å². The van der Waals surface area contributed by atoms with Crippen LogP contribution in [0.4, 0.5) is 0 Å². The molecule has 2 aromatic carbocycles. The molecular formula is C24H18N4O3S. The Bertz CT molecular complexity index is 1260. The van der Waals surface area contributed by atoms with Crippen molar-refractivity contribution >= 4 is 29.3 Å². The van der Waals surface area contributed by atoms with Crippen LogP contribution >= 0.6 is 11.8 Å². The number of methoxy groups -OCH3 is 2. The van der Waals surface area contributed by atoms with Gasteiger partial charge in [0, 0.05) is 5.57 Å². The summed E-state index contributed by atoms with van der Waals surface area (Å²) in [7, 11) is 3.14. The summed E-state index contributed by atoms with van der Waals surface area (Å²) in [5, 5.41) is 19.2. The molecule has 0 saturated carbocycles. The third-order valence-electron chi connectivity index (χ3n) is 5.21. The minimum absolute atomic E-state index is 0.0398. The normalized spacial score (nSPS) is 19.0. The van der Waals surface area contributed by atoms with E-state index in [1.165, 1.54) is 16.7 Å². The molecule has 4 rings (SSSR count). The number of nitrogens with zero attached hydrogens (tertiary/aromatic N) is 3. The Morgan fingerprint density at radius 1 is 1.00 bits per heavy atom. The fourth-order valence-electron chi connectivity index (χ4n) is 3.61. The molecule has 0 aromatic heterocycles. The second-order valence-electron chi connectivity index (χ2n) is 6.93. The Hall–Kier alpha value is -4.14. The van der Waals surface area contributed by atoms with Gasteiger partial charge in [-0.15, -0.1) is 0 Å². The van der Waals surface area contributed by atoms with E-state index in [4.69, 9.17) is 15.2 Å². The van der Waals surface area contributed by atoms with Gasteiger partial charge in [-0.05, 0) is 41.5 Å². The third kappa shape index (κ3) is 3.47. The van der Waals surface area contributed by atoms with E-state index in [1.54, 1.807) is 56.7 Å². The minimum Gasteiger partial charge on any atom is -0.497 e. The molecule has 1 unspecified atom stereocenters. The average molecular weight is 443 g/mol. The molecule has 7 nitrogen and oxygen atoms in total. The van der Waals surface area contributed by atoms with E-state index in [-0.39, 0.29) is 17.3 Å². The van der Waals surface area contributed by atoms with Gasteiger partial charge >= 0.3 is 0 Å². The van der Waals surface area contributed by atoms with Gasteiger partial charge in [-0.25, -0.2) is 0 Å². The number of fused-ring (bicyclic) bond motifs is 1. The van der Waals surface area contributed by atoms with Crippen molar-refractivity contribution in [3.05, 3.63) is 81.5 Å². The molecular weight excluding hydrogens is 424 g/mol. The molecule has 0 bridgehead atoms. The van der Waals surface area contributed by atoms with Gasteiger partial charge < -0.3 is 15.2 Å². The highest BCUT2D eigenvalue weighted by atomic mass is 32.2. The largest absolute Gasteiger partial charge is 0.497 e. The maximum atomic E-state index is 13.2. The summed E-state index contributed by atoms with van der Waals surface area (Å²) in [5.74, 6) is 1.05. The molecule has 0 radical (unpaired) electrons. The number of allylic oxidation sites excluding steroid dienone is 2. The first-order valence-corrected chi connectivity index (χ1v) is 10.4. The zero-order valence-electron chi connectivity index (χ0n) is 17.3. The lowest BCUT2D eigenvalue weighted by atomic mass is 9.90. The Balaban J connectivity index is 1.80. The molecule has 8 heteroatoms. The average Bonchev–Trinajstić information content (AvgIpc) is 3.15. The Labute approximate surface area is 189 Å². The second kappa shape index (κ2) is 8.54. The van der Waals surface area contributed by atoms with E-state index < -0.39 is 5.37 Å². The summed E-state index contributed by atoms with van der Waals surface area (Å²) in [6.07, 6.45) is 1.74.